The van der Waals surface area contributed by atoms with E-state index in [1.54, 1.807) is 12.1 Å². The molecule has 2 N–H and O–H groups in total. The molecule has 1 aromatic carbocycles. The topological polar surface area (TPSA) is 64.1 Å². The number of guanidine groups is 1. The third kappa shape index (κ3) is 7.88. The minimum atomic E-state index is -4.21. The molecule has 0 radical (unpaired) electrons. The van der Waals surface area contributed by atoms with Crippen molar-refractivity contribution >= 4 is 29.9 Å². The number of nitrogens with one attached hydrogen (secondary N) is 2. The zero-order valence-corrected chi connectivity index (χ0v) is 16.8. The highest BCUT2D eigenvalue weighted by Crippen LogP contribution is 2.38. The van der Waals surface area contributed by atoms with E-state index >= 15 is 0 Å². The lowest BCUT2D eigenvalue weighted by Crippen LogP contribution is -2.38. The predicted octanol–water partition coefficient (Wildman–Crippen LogP) is 2.95. The number of methoxy groups -OCH3 is 3. The van der Waals surface area contributed by atoms with Gasteiger partial charge in [-0.15, -0.1) is 24.0 Å². The van der Waals surface area contributed by atoms with Crippen LogP contribution in [0, 0.1) is 0 Å². The maximum absolute atomic E-state index is 12.2. The molecular weight excluding hydrogens is 454 g/mol. The van der Waals surface area contributed by atoms with Crippen LogP contribution in [0.1, 0.15) is 12.0 Å². The first-order valence-electron chi connectivity index (χ1n) is 7.14. The molecule has 6 nitrogen and oxygen atoms in total. The van der Waals surface area contributed by atoms with Crippen LogP contribution in [0.3, 0.4) is 0 Å². The van der Waals surface area contributed by atoms with Crippen LogP contribution in [0.15, 0.2) is 17.1 Å². The summed E-state index contributed by atoms with van der Waals surface area (Å²) in [6, 6.07) is 3.49. The molecule has 0 atom stereocenters. The molecule has 0 saturated heterocycles. The molecule has 0 heterocycles. The Morgan fingerprint density at radius 3 is 2.00 bits per heavy atom. The van der Waals surface area contributed by atoms with Crippen molar-refractivity contribution in [2.45, 2.75) is 19.1 Å². The molecule has 0 aromatic heterocycles. The van der Waals surface area contributed by atoms with E-state index < -0.39 is 12.6 Å². The highest BCUT2D eigenvalue weighted by molar-refractivity contribution is 14.0. The molecule has 10 heteroatoms. The number of aliphatic imine (C=N–C) groups is 1. The Morgan fingerprint density at radius 1 is 1.04 bits per heavy atom. The van der Waals surface area contributed by atoms with Crippen molar-refractivity contribution in [3.63, 3.8) is 0 Å². The van der Waals surface area contributed by atoms with Gasteiger partial charge >= 0.3 is 6.18 Å². The number of rotatable bonds is 7. The van der Waals surface area contributed by atoms with Crippen LogP contribution < -0.4 is 24.8 Å². The summed E-state index contributed by atoms with van der Waals surface area (Å²) in [6.45, 7) is 0.0703. The molecule has 0 fully saturated rings. The van der Waals surface area contributed by atoms with Crippen LogP contribution in [-0.2, 0) is 6.54 Å². The highest BCUT2D eigenvalue weighted by Gasteiger charge is 2.26. The summed E-state index contributed by atoms with van der Waals surface area (Å²) in [6.07, 6.45) is -5.14. The molecule has 0 unspecified atom stereocenters. The van der Waals surface area contributed by atoms with E-state index in [9.17, 15) is 13.2 Å². The summed E-state index contributed by atoms with van der Waals surface area (Å²) in [5.41, 5.74) is 0.795. The van der Waals surface area contributed by atoms with Gasteiger partial charge in [0, 0.05) is 20.1 Å². The summed E-state index contributed by atoms with van der Waals surface area (Å²) in [5, 5.41) is 5.54. The third-order valence-electron chi connectivity index (χ3n) is 3.11. The molecule has 0 aliphatic carbocycles. The molecule has 0 saturated carbocycles. The second kappa shape index (κ2) is 11.1. The molecule has 0 amide bonds. The second-order valence-electron chi connectivity index (χ2n) is 4.75. The van der Waals surface area contributed by atoms with Crippen LogP contribution in [-0.4, -0.2) is 47.1 Å². The van der Waals surface area contributed by atoms with E-state index in [4.69, 9.17) is 14.2 Å². The van der Waals surface area contributed by atoms with Crippen molar-refractivity contribution in [1.29, 1.82) is 0 Å². The van der Waals surface area contributed by atoms with E-state index in [0.29, 0.717) is 23.8 Å². The fourth-order valence-electron chi connectivity index (χ4n) is 1.97. The maximum atomic E-state index is 12.2. The maximum Gasteiger partial charge on any atom is 0.390 e. The van der Waals surface area contributed by atoms with Gasteiger partial charge in [0.15, 0.2) is 17.5 Å². The van der Waals surface area contributed by atoms with Crippen molar-refractivity contribution in [3.8, 4) is 17.2 Å². The largest absolute Gasteiger partial charge is 0.493 e. The second-order valence-corrected chi connectivity index (χ2v) is 4.75. The fourth-order valence-corrected chi connectivity index (χ4v) is 1.97. The van der Waals surface area contributed by atoms with Crippen LogP contribution >= 0.6 is 24.0 Å². The first-order chi connectivity index (χ1) is 11.3. The Labute approximate surface area is 162 Å². The number of alkyl halides is 3. The predicted molar refractivity (Wildman–Crippen MR) is 100 cm³/mol. The molecule has 0 aliphatic heterocycles. The quantitative estimate of drug-likeness (QED) is 0.360. The van der Waals surface area contributed by atoms with Gasteiger partial charge in [-0.05, 0) is 17.7 Å². The summed E-state index contributed by atoms with van der Waals surface area (Å²) < 4.78 is 52.2. The van der Waals surface area contributed by atoms with Crippen LogP contribution in [0.2, 0.25) is 0 Å². The van der Waals surface area contributed by atoms with E-state index in [2.05, 4.69) is 15.6 Å². The average molecular weight is 477 g/mol. The smallest absolute Gasteiger partial charge is 0.390 e. The molecule has 1 aromatic rings. The molecular formula is C15H23F3IN3O3. The Kier molecular flexibility index (Phi) is 10.4. The van der Waals surface area contributed by atoms with Crippen LogP contribution in [0.4, 0.5) is 13.2 Å². The van der Waals surface area contributed by atoms with E-state index in [1.807, 2.05) is 0 Å². The summed E-state index contributed by atoms with van der Waals surface area (Å²) >= 11 is 0. The van der Waals surface area contributed by atoms with Crippen molar-refractivity contribution < 1.29 is 27.4 Å². The van der Waals surface area contributed by atoms with Gasteiger partial charge in [-0.1, -0.05) is 0 Å². The van der Waals surface area contributed by atoms with Crippen molar-refractivity contribution in [2.75, 3.05) is 34.9 Å². The lowest BCUT2D eigenvalue weighted by molar-refractivity contribution is -0.132. The van der Waals surface area contributed by atoms with Crippen molar-refractivity contribution in [3.05, 3.63) is 17.7 Å². The average Bonchev–Trinajstić information content (AvgIpc) is 2.55. The Balaban J connectivity index is 0.00000576. The van der Waals surface area contributed by atoms with Gasteiger partial charge < -0.3 is 24.8 Å². The fraction of sp³-hybridized carbons (Fsp3) is 0.533. The first-order valence-corrected chi connectivity index (χ1v) is 7.14. The Bertz CT molecular complexity index is 544. The van der Waals surface area contributed by atoms with Crippen LogP contribution in [0.25, 0.3) is 0 Å². The van der Waals surface area contributed by atoms with Gasteiger partial charge in [-0.25, -0.2) is 0 Å². The number of halogens is 4. The first kappa shape index (κ1) is 23.4. The zero-order chi connectivity index (χ0) is 18.2. The summed E-state index contributed by atoms with van der Waals surface area (Å²) in [7, 11) is 6.00. The number of benzene rings is 1. The van der Waals surface area contributed by atoms with E-state index in [1.165, 1.54) is 28.4 Å². The van der Waals surface area contributed by atoms with Gasteiger partial charge in [0.05, 0.1) is 27.8 Å². The van der Waals surface area contributed by atoms with Gasteiger partial charge in [-0.2, -0.15) is 13.2 Å². The molecule has 0 aliphatic rings. The van der Waals surface area contributed by atoms with Crippen molar-refractivity contribution in [1.82, 2.24) is 10.6 Å². The highest BCUT2D eigenvalue weighted by atomic mass is 127. The molecule has 0 spiro atoms. The monoisotopic (exact) mass is 477 g/mol. The van der Waals surface area contributed by atoms with E-state index in [-0.39, 0.29) is 36.5 Å². The minimum absolute atomic E-state index is 0. The third-order valence-corrected chi connectivity index (χ3v) is 3.11. The van der Waals surface area contributed by atoms with Crippen molar-refractivity contribution in [2.24, 2.45) is 4.99 Å². The lowest BCUT2D eigenvalue weighted by Gasteiger charge is -2.16. The molecule has 144 valence electrons. The molecule has 1 rings (SSSR count). The SMILES string of the molecule is CN=C(NCCC(F)(F)F)NCc1cc(OC)c(OC)c(OC)c1.I. The number of hydrogen-bond donors (Lipinski definition) is 2. The Morgan fingerprint density at radius 2 is 1.60 bits per heavy atom. The van der Waals surface area contributed by atoms with Gasteiger partial charge in [0.1, 0.15) is 0 Å². The zero-order valence-electron chi connectivity index (χ0n) is 14.5. The number of hydrogen-bond acceptors (Lipinski definition) is 4. The van der Waals surface area contributed by atoms with E-state index in [0.717, 1.165) is 5.56 Å². The standard InChI is InChI=1S/C15H22F3N3O3.HI/c1-19-14(20-6-5-15(16,17)18)21-9-10-7-11(22-2)13(24-4)12(8-10)23-3;/h7-8H,5-6,9H2,1-4H3,(H2,19,20,21);1H. The molecule has 25 heavy (non-hydrogen) atoms. The lowest BCUT2D eigenvalue weighted by atomic mass is 10.2. The summed E-state index contributed by atoms with van der Waals surface area (Å²) in [5.74, 6) is 1.73. The summed E-state index contributed by atoms with van der Waals surface area (Å²) in [4.78, 5) is 3.88. The van der Waals surface area contributed by atoms with Gasteiger partial charge in [0.2, 0.25) is 5.75 Å². The normalized spacial score (nSPS) is 11.4. The molecule has 0 bridgehead atoms. The van der Waals surface area contributed by atoms with Gasteiger partial charge in [-0.3, -0.25) is 4.99 Å². The Hall–Kier alpha value is -1.59. The number of nitrogens with zero attached hydrogens (tertiary/aromatic N) is 1. The van der Waals surface area contributed by atoms with Gasteiger partial charge in [0.25, 0.3) is 0 Å². The number of ether oxygens (including phenoxy) is 3. The van der Waals surface area contributed by atoms with Crippen LogP contribution in [0.5, 0.6) is 17.2 Å². The minimum Gasteiger partial charge on any atom is -0.493 e.